The van der Waals surface area contributed by atoms with E-state index in [9.17, 15) is 9.59 Å². The maximum Gasteiger partial charge on any atom is 0.253 e. The van der Waals surface area contributed by atoms with E-state index in [1.165, 1.54) is 0 Å². The van der Waals surface area contributed by atoms with Crippen molar-refractivity contribution < 1.29 is 19.1 Å². The molecule has 0 unspecified atom stereocenters. The van der Waals surface area contributed by atoms with Gasteiger partial charge in [0.1, 0.15) is 0 Å². The van der Waals surface area contributed by atoms with Crippen molar-refractivity contribution in [2.24, 2.45) is 0 Å². The van der Waals surface area contributed by atoms with Crippen LogP contribution in [0.15, 0.2) is 36.4 Å². The largest absolute Gasteiger partial charge is 0.493 e. The maximum atomic E-state index is 12.9. The van der Waals surface area contributed by atoms with Crippen molar-refractivity contribution in [1.29, 1.82) is 0 Å². The number of hydrogen-bond donors (Lipinski definition) is 0. The number of amides is 2. The fraction of sp³-hybridized carbons (Fsp3) is 0.391. The van der Waals surface area contributed by atoms with Gasteiger partial charge < -0.3 is 19.3 Å². The first-order chi connectivity index (χ1) is 13.9. The number of carbonyl (C=O) groups is 2. The van der Waals surface area contributed by atoms with Crippen LogP contribution in [0.5, 0.6) is 11.5 Å². The molecule has 0 radical (unpaired) electrons. The van der Waals surface area contributed by atoms with E-state index >= 15 is 0 Å². The topological polar surface area (TPSA) is 59.1 Å². The zero-order chi connectivity index (χ0) is 21.0. The molecule has 1 aliphatic rings. The zero-order valence-electron chi connectivity index (χ0n) is 17.5. The zero-order valence-corrected chi connectivity index (χ0v) is 17.5. The summed E-state index contributed by atoms with van der Waals surface area (Å²) in [7, 11) is 4.99. The van der Waals surface area contributed by atoms with Crippen LogP contribution in [-0.2, 0) is 17.9 Å². The molecule has 0 N–H and O–H groups in total. The van der Waals surface area contributed by atoms with Crippen molar-refractivity contribution >= 4 is 11.8 Å². The Hall–Kier alpha value is -3.02. The van der Waals surface area contributed by atoms with Gasteiger partial charge in [-0.15, -0.1) is 0 Å². The average molecular weight is 396 g/mol. The normalized spacial score (nSPS) is 13.5. The van der Waals surface area contributed by atoms with Gasteiger partial charge >= 0.3 is 0 Å². The Labute approximate surface area is 172 Å². The van der Waals surface area contributed by atoms with Gasteiger partial charge in [0, 0.05) is 38.7 Å². The molecule has 2 aromatic carbocycles. The third kappa shape index (κ3) is 4.70. The molecule has 0 bridgehead atoms. The molecule has 6 nitrogen and oxygen atoms in total. The van der Waals surface area contributed by atoms with Crippen molar-refractivity contribution in [1.82, 2.24) is 9.80 Å². The number of ether oxygens (including phenoxy) is 2. The summed E-state index contributed by atoms with van der Waals surface area (Å²) < 4.78 is 10.7. The Bertz CT molecular complexity index is 892. The van der Waals surface area contributed by atoms with Crippen LogP contribution in [0.1, 0.15) is 39.9 Å². The molecule has 6 heteroatoms. The molecule has 1 fully saturated rings. The third-order valence-corrected chi connectivity index (χ3v) is 5.34. The third-order valence-electron chi connectivity index (χ3n) is 5.34. The van der Waals surface area contributed by atoms with Crippen LogP contribution in [0.25, 0.3) is 0 Å². The number of methoxy groups -OCH3 is 2. The molecule has 1 heterocycles. The summed E-state index contributed by atoms with van der Waals surface area (Å²) in [6, 6.07) is 11.3. The fourth-order valence-electron chi connectivity index (χ4n) is 3.59. The number of likely N-dealkylation sites (tertiary alicyclic amines) is 1. The monoisotopic (exact) mass is 396 g/mol. The fourth-order valence-corrected chi connectivity index (χ4v) is 3.59. The highest BCUT2D eigenvalue weighted by molar-refractivity contribution is 5.94. The number of carbonyl (C=O) groups excluding carboxylic acids is 2. The van der Waals surface area contributed by atoms with Crippen molar-refractivity contribution in [3.8, 4) is 11.5 Å². The van der Waals surface area contributed by atoms with Crippen LogP contribution in [0, 0.1) is 6.92 Å². The number of nitrogens with zero attached hydrogens (tertiary/aromatic N) is 2. The minimum atomic E-state index is -0.0528. The average Bonchev–Trinajstić information content (AvgIpc) is 3.13. The summed E-state index contributed by atoms with van der Waals surface area (Å²) in [5.74, 6) is 1.47. The van der Waals surface area contributed by atoms with Crippen LogP contribution in [-0.4, -0.2) is 49.4 Å². The van der Waals surface area contributed by atoms with Gasteiger partial charge in [-0.05, 0) is 54.3 Å². The minimum absolute atomic E-state index is 0.0528. The lowest BCUT2D eigenvalue weighted by molar-refractivity contribution is -0.128. The molecule has 1 aliphatic heterocycles. The second-order valence-electron chi connectivity index (χ2n) is 7.41. The second kappa shape index (κ2) is 8.99. The molecule has 3 rings (SSSR count). The van der Waals surface area contributed by atoms with E-state index in [0.717, 1.165) is 29.7 Å². The predicted molar refractivity (Wildman–Crippen MR) is 111 cm³/mol. The summed E-state index contributed by atoms with van der Waals surface area (Å²) in [5.41, 5.74) is 3.70. The van der Waals surface area contributed by atoms with E-state index in [0.29, 0.717) is 36.6 Å². The Morgan fingerprint density at radius 3 is 2.34 bits per heavy atom. The molecule has 0 saturated carbocycles. The smallest absolute Gasteiger partial charge is 0.253 e. The standard InChI is InChI=1S/C23H28N2O4/c1-16-12-20(28-3)21(29-4)13-19(16)15-24(2)23(27)18-9-7-17(8-10-18)14-25-11-5-6-22(25)26/h7-10,12-13H,5-6,11,14-15H2,1-4H3. The van der Waals surface area contributed by atoms with E-state index in [-0.39, 0.29) is 11.8 Å². The second-order valence-corrected chi connectivity index (χ2v) is 7.41. The Balaban J connectivity index is 1.68. The van der Waals surface area contributed by atoms with Crippen LogP contribution in [0.3, 0.4) is 0 Å². The highest BCUT2D eigenvalue weighted by atomic mass is 16.5. The summed E-state index contributed by atoms with van der Waals surface area (Å²) in [6.45, 7) is 3.88. The summed E-state index contributed by atoms with van der Waals surface area (Å²) in [4.78, 5) is 28.2. The van der Waals surface area contributed by atoms with E-state index in [1.54, 1.807) is 26.2 Å². The highest BCUT2D eigenvalue weighted by Gasteiger charge is 2.20. The molecule has 0 atom stereocenters. The number of aryl methyl sites for hydroxylation is 1. The van der Waals surface area contributed by atoms with Gasteiger partial charge in [0.25, 0.3) is 5.91 Å². The summed E-state index contributed by atoms with van der Waals surface area (Å²) >= 11 is 0. The summed E-state index contributed by atoms with van der Waals surface area (Å²) in [6.07, 6.45) is 1.56. The van der Waals surface area contributed by atoms with E-state index < -0.39 is 0 Å². The molecule has 154 valence electrons. The first-order valence-electron chi connectivity index (χ1n) is 9.76. The molecule has 2 amide bonds. The lowest BCUT2D eigenvalue weighted by Gasteiger charge is -2.20. The van der Waals surface area contributed by atoms with Gasteiger partial charge in [0.05, 0.1) is 14.2 Å². The minimum Gasteiger partial charge on any atom is -0.493 e. The molecule has 0 spiro atoms. The number of hydrogen-bond acceptors (Lipinski definition) is 4. The highest BCUT2D eigenvalue weighted by Crippen LogP contribution is 2.30. The summed E-state index contributed by atoms with van der Waals surface area (Å²) in [5, 5.41) is 0. The van der Waals surface area contributed by atoms with Crippen molar-refractivity contribution in [3.05, 3.63) is 58.7 Å². The van der Waals surface area contributed by atoms with Gasteiger partial charge in [0.15, 0.2) is 11.5 Å². The van der Waals surface area contributed by atoms with E-state index in [4.69, 9.17) is 9.47 Å². The molecule has 0 aliphatic carbocycles. The first-order valence-corrected chi connectivity index (χ1v) is 9.76. The molecule has 1 saturated heterocycles. The van der Waals surface area contributed by atoms with Crippen LogP contribution in [0.2, 0.25) is 0 Å². The Morgan fingerprint density at radius 2 is 1.76 bits per heavy atom. The maximum absolute atomic E-state index is 12.9. The number of benzene rings is 2. The van der Waals surface area contributed by atoms with Crippen molar-refractivity contribution in [2.45, 2.75) is 32.9 Å². The Morgan fingerprint density at radius 1 is 1.10 bits per heavy atom. The van der Waals surface area contributed by atoms with Crippen LogP contribution < -0.4 is 9.47 Å². The predicted octanol–water partition coefficient (Wildman–Crippen LogP) is 3.41. The Kier molecular flexibility index (Phi) is 6.42. The molecule has 29 heavy (non-hydrogen) atoms. The lowest BCUT2D eigenvalue weighted by atomic mass is 10.1. The van der Waals surface area contributed by atoms with Gasteiger partial charge in [-0.25, -0.2) is 0 Å². The first kappa shape index (κ1) is 20.7. The van der Waals surface area contributed by atoms with Crippen molar-refractivity contribution in [2.75, 3.05) is 27.8 Å². The van der Waals surface area contributed by atoms with Crippen LogP contribution in [0.4, 0.5) is 0 Å². The molecule has 0 aromatic heterocycles. The lowest BCUT2D eigenvalue weighted by Crippen LogP contribution is -2.27. The quantitative estimate of drug-likeness (QED) is 0.720. The van der Waals surface area contributed by atoms with Gasteiger partial charge in [-0.1, -0.05) is 12.1 Å². The molecular weight excluding hydrogens is 368 g/mol. The molecule has 2 aromatic rings. The number of rotatable bonds is 7. The van der Waals surface area contributed by atoms with Gasteiger partial charge in [-0.2, -0.15) is 0 Å². The van der Waals surface area contributed by atoms with Crippen molar-refractivity contribution in [3.63, 3.8) is 0 Å². The van der Waals surface area contributed by atoms with Gasteiger partial charge in [-0.3, -0.25) is 9.59 Å². The van der Waals surface area contributed by atoms with E-state index in [1.807, 2.05) is 48.2 Å². The van der Waals surface area contributed by atoms with E-state index in [2.05, 4.69) is 0 Å². The van der Waals surface area contributed by atoms with Gasteiger partial charge in [0.2, 0.25) is 5.91 Å². The SMILES string of the molecule is COc1cc(C)c(CN(C)C(=O)c2ccc(CN3CCCC3=O)cc2)cc1OC. The molecular formula is C23H28N2O4. The van der Waals surface area contributed by atoms with Crippen LogP contribution >= 0.6 is 0 Å².